The lowest BCUT2D eigenvalue weighted by Gasteiger charge is -2.03. The minimum Gasteiger partial charge on any atom is -0.462 e. The fourth-order valence-corrected chi connectivity index (χ4v) is 1.97. The van der Waals surface area contributed by atoms with Crippen molar-refractivity contribution in [3.05, 3.63) is 40.3 Å². The molecule has 0 unspecified atom stereocenters. The van der Waals surface area contributed by atoms with Gasteiger partial charge in [0.25, 0.3) is 0 Å². The fourth-order valence-electron chi connectivity index (χ4n) is 1.68. The summed E-state index contributed by atoms with van der Waals surface area (Å²) >= 11 is 5.27. The summed E-state index contributed by atoms with van der Waals surface area (Å²) in [6.07, 6.45) is 2.38. The van der Waals surface area contributed by atoms with Gasteiger partial charge in [-0.05, 0) is 25.5 Å². The Balaban J connectivity index is 2.41. The van der Waals surface area contributed by atoms with Gasteiger partial charge in [0, 0.05) is 11.9 Å². The zero-order valence-corrected chi connectivity index (χ0v) is 11.7. The van der Waals surface area contributed by atoms with Crippen molar-refractivity contribution in [2.24, 2.45) is 0 Å². The van der Waals surface area contributed by atoms with Crippen molar-refractivity contribution < 1.29 is 9.53 Å². The van der Waals surface area contributed by atoms with E-state index in [1.54, 1.807) is 17.8 Å². The summed E-state index contributed by atoms with van der Waals surface area (Å²) in [4.78, 5) is 16.1. The highest BCUT2D eigenvalue weighted by Gasteiger charge is 2.13. The molecule has 2 aromatic heterocycles. The number of ether oxygens (including phenoxy) is 1. The van der Waals surface area contributed by atoms with Crippen LogP contribution in [0.25, 0.3) is 5.82 Å². The smallest absolute Gasteiger partial charge is 0.342 e. The number of nitrogens with zero attached hydrogens (tertiary/aromatic N) is 2. The van der Waals surface area contributed by atoms with Gasteiger partial charge in [0.15, 0.2) is 5.82 Å². The van der Waals surface area contributed by atoms with Crippen LogP contribution in [0.4, 0.5) is 0 Å². The van der Waals surface area contributed by atoms with E-state index in [0.717, 1.165) is 12.1 Å². The van der Waals surface area contributed by atoms with Gasteiger partial charge in [-0.3, -0.25) is 5.10 Å². The maximum absolute atomic E-state index is 11.7. The van der Waals surface area contributed by atoms with Crippen LogP contribution < -0.4 is 0 Å². The number of H-pyrrole nitrogens is 1. The Morgan fingerprint density at radius 3 is 2.95 bits per heavy atom. The predicted molar refractivity (Wildman–Crippen MR) is 74.1 cm³/mol. The Labute approximate surface area is 116 Å². The highest BCUT2D eigenvalue weighted by molar-refractivity contribution is 7.71. The van der Waals surface area contributed by atoms with Crippen LogP contribution in [-0.2, 0) is 11.2 Å². The van der Waals surface area contributed by atoms with E-state index in [9.17, 15) is 4.79 Å². The van der Waals surface area contributed by atoms with Gasteiger partial charge in [0.1, 0.15) is 10.2 Å². The zero-order valence-electron chi connectivity index (χ0n) is 10.8. The van der Waals surface area contributed by atoms with Crippen molar-refractivity contribution in [2.75, 3.05) is 6.61 Å². The number of carbonyl (C=O) groups excluding carboxylic acids is 1. The molecule has 0 aliphatic carbocycles. The molecule has 0 aliphatic heterocycles. The Hall–Kier alpha value is -1.95. The van der Waals surface area contributed by atoms with E-state index < -0.39 is 5.97 Å². The molecular formula is C13H15N3O2S. The van der Waals surface area contributed by atoms with Crippen LogP contribution >= 0.6 is 12.2 Å². The highest BCUT2D eigenvalue weighted by Crippen LogP contribution is 2.11. The van der Waals surface area contributed by atoms with Crippen LogP contribution in [-0.4, -0.2) is 27.3 Å². The van der Waals surface area contributed by atoms with Crippen molar-refractivity contribution in [2.45, 2.75) is 20.3 Å². The van der Waals surface area contributed by atoms with E-state index in [2.05, 4.69) is 10.1 Å². The number of hydrogen-bond donors (Lipinski definition) is 1. The normalized spacial score (nSPS) is 10.4. The van der Waals surface area contributed by atoms with Gasteiger partial charge in [-0.2, -0.15) is 0 Å². The second kappa shape index (κ2) is 5.79. The van der Waals surface area contributed by atoms with Gasteiger partial charge in [0.2, 0.25) is 0 Å². The molecule has 0 aliphatic rings. The third-order valence-corrected chi connectivity index (χ3v) is 3.05. The molecule has 1 N–H and O–H groups in total. The molecule has 0 radical (unpaired) electrons. The van der Waals surface area contributed by atoms with Gasteiger partial charge in [0.05, 0.1) is 6.61 Å². The minimum absolute atomic E-state index is 0.322. The molecule has 0 atom stereocenters. The monoisotopic (exact) mass is 277 g/mol. The van der Waals surface area contributed by atoms with Crippen LogP contribution in [0.2, 0.25) is 0 Å². The number of aromatic amines is 1. The lowest BCUT2D eigenvalue weighted by Crippen LogP contribution is -2.05. The minimum atomic E-state index is -0.422. The van der Waals surface area contributed by atoms with Gasteiger partial charge in [-0.25, -0.2) is 14.5 Å². The number of aryl methyl sites for hydroxylation is 1. The summed E-state index contributed by atoms with van der Waals surface area (Å²) in [6, 6.07) is 5.69. The standard InChI is InChI=1S/C13H15N3O2S/c1-3-9-6-5-7-11(15-9)16-12(19)10(8-14-16)13(17)18-4-2/h5-8,14H,3-4H2,1-2H3. The maximum Gasteiger partial charge on any atom is 0.342 e. The number of carbonyl (C=O) groups is 1. The average Bonchev–Trinajstić information content (AvgIpc) is 2.81. The lowest BCUT2D eigenvalue weighted by atomic mass is 10.3. The average molecular weight is 277 g/mol. The summed E-state index contributed by atoms with van der Waals surface area (Å²) in [5.41, 5.74) is 1.31. The summed E-state index contributed by atoms with van der Waals surface area (Å²) in [5, 5.41) is 2.93. The number of hydrogen-bond acceptors (Lipinski definition) is 4. The molecule has 2 aromatic rings. The summed E-state index contributed by atoms with van der Waals surface area (Å²) in [7, 11) is 0. The van der Waals surface area contributed by atoms with E-state index in [0.29, 0.717) is 22.6 Å². The molecule has 100 valence electrons. The number of pyridine rings is 1. The number of nitrogens with one attached hydrogen (secondary N) is 1. The first-order valence-electron chi connectivity index (χ1n) is 6.11. The molecule has 0 spiro atoms. The molecule has 2 heterocycles. The number of aromatic nitrogens is 3. The van der Waals surface area contributed by atoms with E-state index >= 15 is 0 Å². The van der Waals surface area contributed by atoms with Gasteiger partial charge >= 0.3 is 5.97 Å². The second-order valence-electron chi connectivity index (χ2n) is 3.89. The molecule has 0 fully saturated rings. The molecule has 0 saturated heterocycles. The van der Waals surface area contributed by atoms with Crippen LogP contribution in [0.5, 0.6) is 0 Å². The van der Waals surface area contributed by atoms with Crippen LogP contribution in [0.15, 0.2) is 24.4 Å². The summed E-state index contributed by atoms with van der Waals surface area (Å²) < 4.78 is 6.92. The molecule has 2 rings (SSSR count). The molecule has 0 bridgehead atoms. The summed E-state index contributed by atoms with van der Waals surface area (Å²) in [5.74, 6) is 0.244. The predicted octanol–water partition coefficient (Wildman–Crippen LogP) is 2.67. The Morgan fingerprint density at radius 2 is 2.26 bits per heavy atom. The van der Waals surface area contributed by atoms with Crippen LogP contribution in [0, 0.1) is 4.64 Å². The van der Waals surface area contributed by atoms with E-state index in [1.165, 1.54) is 0 Å². The van der Waals surface area contributed by atoms with Gasteiger partial charge in [-0.1, -0.05) is 25.2 Å². The largest absolute Gasteiger partial charge is 0.462 e. The molecular weight excluding hydrogens is 262 g/mol. The highest BCUT2D eigenvalue weighted by atomic mass is 32.1. The van der Waals surface area contributed by atoms with Gasteiger partial charge in [-0.15, -0.1) is 0 Å². The molecule has 6 heteroatoms. The quantitative estimate of drug-likeness (QED) is 0.689. The van der Waals surface area contributed by atoms with E-state index in [-0.39, 0.29) is 0 Å². The van der Waals surface area contributed by atoms with Crippen molar-refractivity contribution in [3.8, 4) is 5.82 Å². The molecule has 0 saturated carbocycles. The first-order chi connectivity index (χ1) is 9.17. The van der Waals surface area contributed by atoms with Crippen LogP contribution in [0.1, 0.15) is 29.9 Å². The van der Waals surface area contributed by atoms with Crippen molar-refractivity contribution >= 4 is 18.2 Å². The zero-order chi connectivity index (χ0) is 13.8. The van der Waals surface area contributed by atoms with Gasteiger partial charge < -0.3 is 4.74 Å². The Bertz CT molecular complexity index is 645. The topological polar surface area (TPSA) is 59.9 Å². The second-order valence-corrected chi connectivity index (χ2v) is 4.28. The molecule has 5 nitrogen and oxygen atoms in total. The Kier molecular flexibility index (Phi) is 4.11. The molecule has 0 amide bonds. The third-order valence-electron chi connectivity index (χ3n) is 2.65. The number of rotatable bonds is 4. The first-order valence-corrected chi connectivity index (χ1v) is 6.52. The van der Waals surface area contributed by atoms with Crippen molar-refractivity contribution in [1.82, 2.24) is 14.8 Å². The van der Waals surface area contributed by atoms with E-state index in [1.807, 2.05) is 25.1 Å². The number of esters is 1. The first kappa shape index (κ1) is 13.5. The van der Waals surface area contributed by atoms with Crippen molar-refractivity contribution in [1.29, 1.82) is 0 Å². The lowest BCUT2D eigenvalue weighted by molar-refractivity contribution is 0.0525. The van der Waals surface area contributed by atoms with Crippen molar-refractivity contribution in [3.63, 3.8) is 0 Å². The molecule has 0 aromatic carbocycles. The SMILES string of the molecule is CCOC(=O)c1c[nH]n(-c2cccc(CC)n2)c1=S. The summed E-state index contributed by atoms with van der Waals surface area (Å²) in [6.45, 7) is 4.11. The molecule has 19 heavy (non-hydrogen) atoms. The Morgan fingerprint density at radius 1 is 1.47 bits per heavy atom. The fraction of sp³-hybridized carbons (Fsp3) is 0.308. The third kappa shape index (κ3) is 2.73. The van der Waals surface area contributed by atoms with Crippen LogP contribution in [0.3, 0.4) is 0 Å². The van der Waals surface area contributed by atoms with E-state index in [4.69, 9.17) is 17.0 Å². The maximum atomic E-state index is 11.7.